The molecule has 0 atom stereocenters. The Labute approximate surface area is 104 Å². The number of nitrogens with zero attached hydrogens (tertiary/aromatic N) is 3. The van der Waals surface area contributed by atoms with Gasteiger partial charge in [0.15, 0.2) is 0 Å². The van der Waals surface area contributed by atoms with Crippen LogP contribution in [0.4, 0.5) is 0 Å². The van der Waals surface area contributed by atoms with Gasteiger partial charge in [-0.05, 0) is 6.42 Å². The normalized spacial score (nSPS) is 11.0. The fourth-order valence-electron chi connectivity index (χ4n) is 1.54. The van der Waals surface area contributed by atoms with Gasteiger partial charge in [-0.3, -0.25) is 0 Å². The van der Waals surface area contributed by atoms with E-state index < -0.39 is 17.1 Å². The first-order valence-electron chi connectivity index (χ1n) is 5.71. The van der Waals surface area contributed by atoms with Crippen LogP contribution in [-0.2, 0) is 20.1 Å². The van der Waals surface area contributed by atoms with Crippen molar-refractivity contribution in [3.05, 3.63) is 56.3 Å². The molecule has 0 saturated heterocycles. The second kappa shape index (κ2) is 6.00. The molecule has 0 saturated carbocycles. The van der Waals surface area contributed by atoms with Crippen molar-refractivity contribution in [2.45, 2.75) is 26.4 Å². The van der Waals surface area contributed by atoms with E-state index in [-0.39, 0.29) is 13.1 Å². The highest BCUT2D eigenvalue weighted by Gasteiger charge is 2.10. The minimum absolute atomic E-state index is 0.0866. The second-order valence-corrected chi connectivity index (χ2v) is 3.80. The van der Waals surface area contributed by atoms with Crippen molar-refractivity contribution in [3.63, 3.8) is 0 Å². The molecule has 6 nitrogen and oxygen atoms in total. The molecule has 0 aliphatic carbocycles. The Hall–Kier alpha value is -2.11. The van der Waals surface area contributed by atoms with Gasteiger partial charge >= 0.3 is 17.1 Å². The lowest BCUT2D eigenvalue weighted by molar-refractivity contribution is 0.516. The van der Waals surface area contributed by atoms with E-state index in [9.17, 15) is 14.4 Å². The van der Waals surface area contributed by atoms with Crippen LogP contribution in [0.2, 0.25) is 0 Å². The Morgan fingerprint density at radius 2 is 1.56 bits per heavy atom. The van der Waals surface area contributed by atoms with Crippen LogP contribution in [0, 0.1) is 0 Å². The summed E-state index contributed by atoms with van der Waals surface area (Å²) < 4.78 is 2.93. The molecule has 0 fully saturated rings. The quantitative estimate of drug-likeness (QED) is 0.684. The van der Waals surface area contributed by atoms with Gasteiger partial charge in [-0.15, -0.1) is 6.58 Å². The second-order valence-electron chi connectivity index (χ2n) is 3.80. The molecule has 6 heteroatoms. The van der Waals surface area contributed by atoms with Crippen molar-refractivity contribution in [2.75, 3.05) is 0 Å². The van der Waals surface area contributed by atoms with Crippen molar-refractivity contribution in [1.82, 2.24) is 13.7 Å². The molecule has 0 bridgehead atoms. The maximum absolute atomic E-state index is 12.0. The van der Waals surface area contributed by atoms with Gasteiger partial charge in [0.05, 0.1) is 13.1 Å². The topological polar surface area (TPSA) is 66.0 Å². The third kappa shape index (κ3) is 2.58. The summed E-state index contributed by atoms with van der Waals surface area (Å²) in [6.45, 7) is 5.69. The summed E-state index contributed by atoms with van der Waals surface area (Å²) in [7, 11) is 1.35. The first-order valence-corrected chi connectivity index (χ1v) is 5.71. The SMILES string of the molecule is C=CCn1c(=O)n(C)c(=O)n(C/C=C/CC)c1=O. The minimum atomic E-state index is -0.624. The number of aromatic nitrogens is 3. The van der Waals surface area contributed by atoms with Crippen LogP contribution >= 0.6 is 0 Å². The lowest BCUT2D eigenvalue weighted by Gasteiger charge is -2.08. The molecule has 1 heterocycles. The highest BCUT2D eigenvalue weighted by atomic mass is 16.2. The molecule has 0 aliphatic heterocycles. The van der Waals surface area contributed by atoms with Crippen molar-refractivity contribution < 1.29 is 0 Å². The standard InChI is InChI=1S/C12H17N3O3/c1-4-6-7-9-15-11(17)13(3)10(16)14(8-5-2)12(15)18/h5-7H,2,4,8-9H2,1,3H3/b7-6+. The zero-order valence-electron chi connectivity index (χ0n) is 10.6. The van der Waals surface area contributed by atoms with Gasteiger partial charge in [0.2, 0.25) is 0 Å². The lowest BCUT2D eigenvalue weighted by atomic mass is 10.4. The molecule has 98 valence electrons. The summed E-state index contributed by atoms with van der Waals surface area (Å²) in [5.74, 6) is 0. The molecule has 0 amide bonds. The lowest BCUT2D eigenvalue weighted by Crippen LogP contribution is -2.53. The first-order chi connectivity index (χ1) is 8.54. The van der Waals surface area contributed by atoms with Crippen molar-refractivity contribution >= 4 is 0 Å². The van der Waals surface area contributed by atoms with Gasteiger partial charge in [0, 0.05) is 7.05 Å². The van der Waals surface area contributed by atoms with Gasteiger partial charge in [0.1, 0.15) is 0 Å². The molecule has 1 aromatic heterocycles. The first kappa shape index (κ1) is 14.0. The van der Waals surface area contributed by atoms with E-state index in [1.165, 1.54) is 13.1 Å². The fraction of sp³-hybridized carbons (Fsp3) is 0.417. The third-order valence-electron chi connectivity index (χ3n) is 2.50. The Bertz CT molecular complexity index is 631. The zero-order chi connectivity index (χ0) is 13.7. The minimum Gasteiger partial charge on any atom is -0.248 e. The molecular formula is C12H17N3O3. The van der Waals surface area contributed by atoms with Crippen LogP contribution < -0.4 is 17.1 Å². The summed E-state index contributed by atoms with van der Waals surface area (Å²) in [4.78, 5) is 35.5. The summed E-state index contributed by atoms with van der Waals surface area (Å²) in [5, 5.41) is 0. The number of allylic oxidation sites excluding steroid dienone is 3. The van der Waals surface area contributed by atoms with E-state index in [1.807, 2.05) is 13.0 Å². The highest BCUT2D eigenvalue weighted by molar-refractivity contribution is 4.86. The molecule has 0 radical (unpaired) electrons. The van der Waals surface area contributed by atoms with Crippen LogP contribution in [0.15, 0.2) is 39.2 Å². The largest absolute Gasteiger partial charge is 0.336 e. The Morgan fingerprint density at radius 1 is 1.00 bits per heavy atom. The van der Waals surface area contributed by atoms with Gasteiger partial charge in [-0.2, -0.15) is 0 Å². The molecule has 1 aromatic rings. The third-order valence-corrected chi connectivity index (χ3v) is 2.50. The monoisotopic (exact) mass is 251 g/mol. The number of rotatable bonds is 5. The van der Waals surface area contributed by atoms with Crippen molar-refractivity contribution in [2.24, 2.45) is 7.05 Å². The van der Waals surface area contributed by atoms with Gasteiger partial charge in [-0.1, -0.05) is 25.2 Å². The maximum atomic E-state index is 12.0. The van der Waals surface area contributed by atoms with Crippen LogP contribution in [0.1, 0.15) is 13.3 Å². The fourth-order valence-corrected chi connectivity index (χ4v) is 1.54. The average Bonchev–Trinajstić information content (AvgIpc) is 2.36. The van der Waals surface area contributed by atoms with E-state index in [1.54, 1.807) is 6.08 Å². The molecule has 0 N–H and O–H groups in total. The molecule has 1 rings (SSSR count). The van der Waals surface area contributed by atoms with E-state index in [0.29, 0.717) is 0 Å². The molecule has 0 unspecified atom stereocenters. The molecular weight excluding hydrogens is 234 g/mol. The van der Waals surface area contributed by atoms with E-state index in [0.717, 1.165) is 20.1 Å². The predicted octanol–water partition coefficient (Wildman–Crippen LogP) is -0.139. The molecule has 0 aromatic carbocycles. The highest BCUT2D eigenvalue weighted by Crippen LogP contribution is 1.82. The van der Waals surface area contributed by atoms with Crippen LogP contribution in [-0.4, -0.2) is 13.7 Å². The predicted molar refractivity (Wildman–Crippen MR) is 69.8 cm³/mol. The van der Waals surface area contributed by atoms with Gasteiger partial charge in [-0.25, -0.2) is 28.1 Å². The van der Waals surface area contributed by atoms with Crippen molar-refractivity contribution in [1.29, 1.82) is 0 Å². The Balaban J connectivity index is 3.47. The zero-order valence-corrected chi connectivity index (χ0v) is 10.6. The van der Waals surface area contributed by atoms with E-state index in [2.05, 4.69) is 6.58 Å². The number of hydrogen-bond acceptors (Lipinski definition) is 3. The average molecular weight is 251 g/mol. The van der Waals surface area contributed by atoms with Crippen LogP contribution in [0.3, 0.4) is 0 Å². The summed E-state index contributed by atoms with van der Waals surface area (Å²) >= 11 is 0. The van der Waals surface area contributed by atoms with Gasteiger partial charge < -0.3 is 0 Å². The van der Waals surface area contributed by atoms with E-state index in [4.69, 9.17) is 0 Å². The number of hydrogen-bond donors (Lipinski definition) is 0. The summed E-state index contributed by atoms with van der Waals surface area (Å²) in [5.41, 5.74) is -1.84. The van der Waals surface area contributed by atoms with Crippen molar-refractivity contribution in [3.8, 4) is 0 Å². The van der Waals surface area contributed by atoms with Gasteiger partial charge in [0.25, 0.3) is 0 Å². The molecule has 0 spiro atoms. The maximum Gasteiger partial charge on any atom is 0.336 e. The van der Waals surface area contributed by atoms with Crippen LogP contribution in [0.5, 0.6) is 0 Å². The Morgan fingerprint density at radius 3 is 2.06 bits per heavy atom. The molecule has 18 heavy (non-hydrogen) atoms. The van der Waals surface area contributed by atoms with E-state index >= 15 is 0 Å². The molecule has 0 aliphatic rings. The smallest absolute Gasteiger partial charge is 0.248 e. The Kier molecular flexibility index (Phi) is 4.65. The summed E-state index contributed by atoms with van der Waals surface area (Å²) in [6, 6.07) is 0. The summed E-state index contributed by atoms with van der Waals surface area (Å²) in [6.07, 6.45) is 5.85. The van der Waals surface area contributed by atoms with Crippen LogP contribution in [0.25, 0.3) is 0 Å².